The zero-order valence-corrected chi connectivity index (χ0v) is 17.3. The number of amides is 1. The zero-order chi connectivity index (χ0) is 21.0. The van der Waals surface area contributed by atoms with E-state index in [9.17, 15) is 23.2 Å². The minimum absolute atomic E-state index is 0.0483. The van der Waals surface area contributed by atoms with E-state index in [0.717, 1.165) is 37.5 Å². The van der Waals surface area contributed by atoms with Gasteiger partial charge in [-0.25, -0.2) is 4.98 Å². The summed E-state index contributed by atoms with van der Waals surface area (Å²) in [5.74, 6) is -0.209. The first-order chi connectivity index (χ1) is 13.8. The summed E-state index contributed by atoms with van der Waals surface area (Å²) in [6.07, 6.45) is -4.64. The van der Waals surface area contributed by atoms with E-state index >= 15 is 0 Å². The molecule has 0 N–H and O–H groups in total. The molecule has 1 saturated heterocycles. The van der Waals surface area contributed by atoms with Gasteiger partial charge in [0.15, 0.2) is 0 Å². The first-order valence-electron chi connectivity index (χ1n) is 8.92. The molecule has 154 valence electrons. The number of aromatic nitrogens is 1. The number of carbonyl (C=O) groups excluding carboxylic acids is 1. The number of thioether (sulfide) groups is 1. The van der Waals surface area contributed by atoms with E-state index in [2.05, 4.69) is 16.0 Å². The molecule has 1 aliphatic heterocycles. The molecule has 29 heavy (non-hydrogen) atoms. The van der Waals surface area contributed by atoms with Crippen molar-refractivity contribution in [2.45, 2.75) is 24.7 Å². The van der Waals surface area contributed by atoms with Gasteiger partial charge >= 0.3 is 6.18 Å². The normalized spacial score (nSPS) is 15.3. The van der Waals surface area contributed by atoms with Gasteiger partial charge in [0, 0.05) is 43.3 Å². The Morgan fingerprint density at radius 3 is 2.66 bits per heavy atom. The molecule has 0 spiro atoms. The number of nitrogens with zero attached hydrogens (tertiary/aromatic N) is 4. The smallest absolute Gasteiger partial charge is 0.339 e. The van der Waals surface area contributed by atoms with Crippen LogP contribution in [-0.4, -0.2) is 52.6 Å². The molecule has 0 unspecified atom stereocenters. The van der Waals surface area contributed by atoms with Crippen molar-refractivity contribution in [1.29, 1.82) is 5.26 Å². The maximum atomic E-state index is 13.2. The van der Waals surface area contributed by atoms with E-state index in [0.29, 0.717) is 13.1 Å². The molecule has 0 saturated carbocycles. The van der Waals surface area contributed by atoms with Crippen LogP contribution in [0.1, 0.15) is 21.7 Å². The highest BCUT2D eigenvalue weighted by molar-refractivity contribution is 8.00. The zero-order valence-electron chi connectivity index (χ0n) is 15.7. The molecule has 0 bridgehead atoms. The summed E-state index contributed by atoms with van der Waals surface area (Å²) in [5.41, 5.74) is -1.38. The Morgan fingerprint density at radius 1 is 1.34 bits per heavy atom. The lowest BCUT2D eigenvalue weighted by Gasteiger charge is -2.34. The van der Waals surface area contributed by atoms with Crippen molar-refractivity contribution in [1.82, 2.24) is 14.8 Å². The van der Waals surface area contributed by atoms with Crippen molar-refractivity contribution in [2.75, 3.05) is 31.9 Å². The number of hydrogen-bond donors (Lipinski definition) is 0. The second-order valence-corrected chi connectivity index (χ2v) is 8.62. The van der Waals surface area contributed by atoms with Gasteiger partial charge in [-0.3, -0.25) is 9.69 Å². The van der Waals surface area contributed by atoms with Crippen LogP contribution in [-0.2, 0) is 17.5 Å². The maximum Gasteiger partial charge on any atom is 0.417 e. The summed E-state index contributed by atoms with van der Waals surface area (Å²) in [4.78, 5) is 21.8. The quantitative estimate of drug-likeness (QED) is 0.663. The third-order valence-electron chi connectivity index (χ3n) is 4.55. The van der Waals surface area contributed by atoms with Crippen molar-refractivity contribution in [3.05, 3.63) is 45.3 Å². The first kappa shape index (κ1) is 21.6. The molecular formula is C19H19F3N4OS2. The van der Waals surface area contributed by atoms with Crippen LogP contribution in [0.25, 0.3) is 0 Å². The highest BCUT2D eigenvalue weighted by atomic mass is 32.2. The van der Waals surface area contributed by atoms with Gasteiger partial charge < -0.3 is 4.90 Å². The highest BCUT2D eigenvalue weighted by Gasteiger charge is 2.35. The largest absolute Gasteiger partial charge is 0.417 e. The van der Waals surface area contributed by atoms with Crippen LogP contribution in [0.4, 0.5) is 13.2 Å². The van der Waals surface area contributed by atoms with Crippen LogP contribution in [0.15, 0.2) is 28.6 Å². The SMILES string of the molecule is Cc1cc(C(F)(F)F)c(C#N)c(SCC(=O)N2CCN(Cc3cccs3)CC2)n1. The molecule has 5 nitrogen and oxygen atoms in total. The molecule has 1 aliphatic rings. The lowest BCUT2D eigenvalue weighted by atomic mass is 10.1. The number of rotatable bonds is 5. The Bertz CT molecular complexity index is 901. The average molecular weight is 441 g/mol. The van der Waals surface area contributed by atoms with Gasteiger partial charge in [-0.15, -0.1) is 11.3 Å². The fraction of sp³-hybridized carbons (Fsp3) is 0.421. The van der Waals surface area contributed by atoms with Crippen LogP contribution in [0.3, 0.4) is 0 Å². The van der Waals surface area contributed by atoms with Crippen molar-refractivity contribution in [2.24, 2.45) is 0 Å². The van der Waals surface area contributed by atoms with Gasteiger partial charge in [-0.1, -0.05) is 17.8 Å². The van der Waals surface area contributed by atoms with Crippen molar-refractivity contribution < 1.29 is 18.0 Å². The summed E-state index contributed by atoms with van der Waals surface area (Å²) in [6, 6.07) is 6.54. The fourth-order valence-electron chi connectivity index (χ4n) is 3.08. The number of hydrogen-bond acceptors (Lipinski definition) is 6. The second-order valence-electron chi connectivity index (χ2n) is 6.63. The van der Waals surface area contributed by atoms with Crippen LogP contribution < -0.4 is 0 Å². The number of nitriles is 1. The van der Waals surface area contributed by atoms with Gasteiger partial charge in [0.05, 0.1) is 16.9 Å². The van der Waals surface area contributed by atoms with Crippen molar-refractivity contribution in [3.63, 3.8) is 0 Å². The third-order valence-corrected chi connectivity index (χ3v) is 6.37. The Balaban J connectivity index is 1.59. The van der Waals surface area contributed by atoms with E-state index in [1.165, 1.54) is 11.8 Å². The minimum atomic E-state index is -4.64. The highest BCUT2D eigenvalue weighted by Crippen LogP contribution is 2.35. The van der Waals surface area contributed by atoms with Crippen LogP contribution in [0.5, 0.6) is 0 Å². The van der Waals surface area contributed by atoms with E-state index in [4.69, 9.17) is 0 Å². The van der Waals surface area contributed by atoms with E-state index < -0.39 is 17.3 Å². The summed E-state index contributed by atoms with van der Waals surface area (Å²) in [7, 11) is 0. The van der Waals surface area contributed by atoms with Crippen LogP contribution in [0, 0.1) is 18.3 Å². The molecular weight excluding hydrogens is 421 g/mol. The molecule has 3 heterocycles. The average Bonchev–Trinajstić information content (AvgIpc) is 3.18. The predicted molar refractivity (Wildman–Crippen MR) is 106 cm³/mol. The molecule has 0 aromatic carbocycles. The molecule has 1 fully saturated rings. The molecule has 2 aromatic heterocycles. The molecule has 0 aliphatic carbocycles. The number of halogens is 3. The lowest BCUT2D eigenvalue weighted by Crippen LogP contribution is -2.48. The summed E-state index contributed by atoms with van der Waals surface area (Å²) in [6.45, 7) is 4.94. The molecule has 2 aromatic rings. The summed E-state index contributed by atoms with van der Waals surface area (Å²) >= 11 is 2.58. The Morgan fingerprint density at radius 2 is 2.07 bits per heavy atom. The predicted octanol–water partition coefficient (Wildman–Crippen LogP) is 3.78. The molecule has 3 rings (SSSR count). The van der Waals surface area contributed by atoms with Gasteiger partial charge in [0.2, 0.25) is 5.91 Å². The number of aryl methyl sites for hydroxylation is 1. The number of thiophene rings is 1. The van der Waals surface area contributed by atoms with Crippen molar-refractivity contribution in [3.8, 4) is 6.07 Å². The van der Waals surface area contributed by atoms with E-state index in [-0.39, 0.29) is 22.4 Å². The van der Waals surface area contributed by atoms with Gasteiger partial charge in [-0.05, 0) is 24.4 Å². The van der Waals surface area contributed by atoms with Crippen LogP contribution >= 0.6 is 23.1 Å². The standard InChI is InChI=1S/C19H19F3N4OS2/c1-13-9-16(19(20,21)22)15(10-23)18(24-13)29-12-17(27)26-6-4-25(5-7-26)11-14-3-2-8-28-14/h2-3,8-9H,4-7,11-12H2,1H3. The fourth-order valence-corrected chi connectivity index (χ4v) is 4.78. The van der Waals surface area contributed by atoms with Gasteiger partial charge in [0.25, 0.3) is 0 Å². The summed E-state index contributed by atoms with van der Waals surface area (Å²) < 4.78 is 39.6. The minimum Gasteiger partial charge on any atom is -0.339 e. The van der Waals surface area contributed by atoms with E-state index in [1.54, 1.807) is 22.3 Å². The van der Waals surface area contributed by atoms with Crippen molar-refractivity contribution >= 4 is 29.0 Å². The monoisotopic (exact) mass is 440 g/mol. The van der Waals surface area contributed by atoms with Gasteiger partial charge in [0.1, 0.15) is 11.1 Å². The Kier molecular flexibility index (Phi) is 6.82. The third kappa shape index (κ3) is 5.50. The summed E-state index contributed by atoms with van der Waals surface area (Å²) in [5, 5.41) is 11.2. The maximum absolute atomic E-state index is 13.2. The molecule has 10 heteroatoms. The Labute approximate surface area is 175 Å². The number of piperazine rings is 1. The second kappa shape index (κ2) is 9.15. The number of alkyl halides is 3. The van der Waals surface area contributed by atoms with Crippen LogP contribution in [0.2, 0.25) is 0 Å². The first-order valence-corrected chi connectivity index (χ1v) is 10.8. The number of carbonyl (C=O) groups is 1. The van der Waals surface area contributed by atoms with Gasteiger partial charge in [-0.2, -0.15) is 18.4 Å². The molecule has 1 amide bonds. The number of pyridine rings is 1. The molecule has 0 atom stereocenters. The Hall–Kier alpha value is -2.09. The topological polar surface area (TPSA) is 60.2 Å². The lowest BCUT2D eigenvalue weighted by molar-refractivity contribution is -0.138. The molecule has 0 radical (unpaired) electrons. The van der Waals surface area contributed by atoms with E-state index in [1.807, 2.05) is 11.4 Å².